The molecule has 0 spiro atoms. The van der Waals surface area contributed by atoms with Gasteiger partial charge in [0, 0.05) is 36.4 Å². The molecule has 3 nitrogen and oxygen atoms in total. The molecule has 0 aliphatic heterocycles. The molecule has 116 valence electrons. The molecule has 3 rings (SSSR count). The first-order chi connectivity index (χ1) is 11.2. The molecular weight excluding hydrogens is 302 g/mol. The van der Waals surface area contributed by atoms with Crippen molar-refractivity contribution in [2.24, 2.45) is 0 Å². The molecule has 0 fully saturated rings. The second kappa shape index (κ2) is 7.29. The van der Waals surface area contributed by atoms with Crippen LogP contribution in [0.15, 0.2) is 71.6 Å². The zero-order valence-corrected chi connectivity index (χ0v) is 14.1. The highest BCUT2D eigenvalue weighted by atomic mass is 32.2. The van der Waals surface area contributed by atoms with Crippen LogP contribution in [0.3, 0.4) is 0 Å². The van der Waals surface area contributed by atoms with Crippen molar-refractivity contribution in [1.82, 2.24) is 9.97 Å². The van der Waals surface area contributed by atoms with Crippen LogP contribution in [0.4, 0.5) is 5.82 Å². The minimum absolute atomic E-state index is 0.778. The molecule has 0 saturated heterocycles. The van der Waals surface area contributed by atoms with E-state index in [2.05, 4.69) is 35.3 Å². The third kappa shape index (κ3) is 4.11. The van der Waals surface area contributed by atoms with Crippen molar-refractivity contribution in [3.05, 3.63) is 72.4 Å². The summed E-state index contributed by atoms with van der Waals surface area (Å²) < 4.78 is 0. The monoisotopic (exact) mass is 321 g/mol. The molecule has 3 aromatic rings. The third-order valence-electron chi connectivity index (χ3n) is 3.39. The summed E-state index contributed by atoms with van der Waals surface area (Å²) in [4.78, 5) is 12.7. The number of thioether (sulfide) groups is 1. The highest BCUT2D eigenvalue weighted by Crippen LogP contribution is 2.25. The average molecular weight is 321 g/mol. The first-order valence-electron chi connectivity index (χ1n) is 7.51. The van der Waals surface area contributed by atoms with Gasteiger partial charge in [0.2, 0.25) is 0 Å². The maximum atomic E-state index is 4.74. The number of nitrogens with zero attached hydrogens (tertiary/aromatic N) is 3. The fourth-order valence-corrected chi connectivity index (χ4v) is 2.99. The van der Waals surface area contributed by atoms with Gasteiger partial charge in [-0.05, 0) is 12.1 Å². The van der Waals surface area contributed by atoms with E-state index in [-0.39, 0.29) is 0 Å². The molecule has 0 bridgehead atoms. The summed E-state index contributed by atoms with van der Waals surface area (Å²) in [7, 11) is 4.01. The Morgan fingerprint density at radius 2 is 1.52 bits per heavy atom. The summed E-state index contributed by atoms with van der Waals surface area (Å²) >= 11 is 1.79. The van der Waals surface area contributed by atoms with E-state index in [9.17, 15) is 0 Å². The predicted molar refractivity (Wildman–Crippen MR) is 97.8 cm³/mol. The van der Waals surface area contributed by atoms with Crippen LogP contribution in [-0.2, 0) is 5.75 Å². The van der Waals surface area contributed by atoms with Crippen LogP contribution < -0.4 is 4.90 Å². The van der Waals surface area contributed by atoms with Crippen molar-refractivity contribution in [3.63, 3.8) is 0 Å². The quantitative estimate of drug-likeness (QED) is 0.647. The van der Waals surface area contributed by atoms with E-state index in [1.54, 1.807) is 11.8 Å². The van der Waals surface area contributed by atoms with Crippen LogP contribution in [0.2, 0.25) is 0 Å². The van der Waals surface area contributed by atoms with E-state index >= 15 is 0 Å². The normalized spacial score (nSPS) is 10.5. The number of anilines is 1. The number of rotatable bonds is 5. The second-order valence-corrected chi connectivity index (χ2v) is 6.45. The minimum Gasteiger partial charge on any atom is -0.363 e. The van der Waals surface area contributed by atoms with E-state index in [4.69, 9.17) is 4.98 Å². The van der Waals surface area contributed by atoms with E-state index in [0.717, 1.165) is 28.7 Å². The lowest BCUT2D eigenvalue weighted by molar-refractivity contribution is 1.02. The largest absolute Gasteiger partial charge is 0.363 e. The fraction of sp³-hybridized carbons (Fsp3) is 0.158. The first-order valence-corrected chi connectivity index (χ1v) is 8.49. The highest BCUT2D eigenvalue weighted by molar-refractivity contribution is 7.98. The molecule has 23 heavy (non-hydrogen) atoms. The van der Waals surface area contributed by atoms with Gasteiger partial charge in [-0.15, -0.1) is 11.8 Å². The first kappa shape index (κ1) is 15.6. The number of aromatic nitrogens is 2. The van der Waals surface area contributed by atoms with Gasteiger partial charge in [0.15, 0.2) is 5.82 Å². The molecule has 0 atom stereocenters. The SMILES string of the molecule is CN(C)c1cc(CSc2ccccc2)nc(-c2ccccc2)n1. The average Bonchev–Trinajstić information content (AvgIpc) is 2.61. The van der Waals surface area contributed by atoms with Crippen molar-refractivity contribution < 1.29 is 0 Å². The Morgan fingerprint density at radius 3 is 2.17 bits per heavy atom. The lowest BCUT2D eigenvalue weighted by atomic mass is 10.2. The Bertz CT molecular complexity index is 758. The van der Waals surface area contributed by atoms with E-state index in [1.807, 2.05) is 55.4 Å². The molecule has 0 aliphatic rings. The highest BCUT2D eigenvalue weighted by Gasteiger charge is 2.08. The van der Waals surface area contributed by atoms with Crippen molar-refractivity contribution in [2.75, 3.05) is 19.0 Å². The molecule has 1 heterocycles. The maximum absolute atomic E-state index is 4.74. The number of benzene rings is 2. The van der Waals surface area contributed by atoms with Gasteiger partial charge >= 0.3 is 0 Å². The topological polar surface area (TPSA) is 29.0 Å². The zero-order valence-electron chi connectivity index (χ0n) is 13.3. The maximum Gasteiger partial charge on any atom is 0.161 e. The van der Waals surface area contributed by atoms with Crippen LogP contribution in [0.25, 0.3) is 11.4 Å². The predicted octanol–water partition coefficient (Wildman–Crippen LogP) is 4.50. The van der Waals surface area contributed by atoms with Gasteiger partial charge in [0.1, 0.15) is 5.82 Å². The van der Waals surface area contributed by atoms with Gasteiger partial charge in [-0.3, -0.25) is 0 Å². The Balaban J connectivity index is 1.88. The van der Waals surface area contributed by atoms with E-state index < -0.39 is 0 Å². The summed E-state index contributed by atoms with van der Waals surface area (Å²) in [6.45, 7) is 0. The Labute approximate surface area is 141 Å². The van der Waals surface area contributed by atoms with Gasteiger partial charge in [-0.25, -0.2) is 9.97 Å². The molecule has 0 saturated carbocycles. The van der Waals surface area contributed by atoms with Crippen LogP contribution >= 0.6 is 11.8 Å². The molecule has 1 aromatic heterocycles. The van der Waals surface area contributed by atoms with E-state index in [1.165, 1.54) is 4.90 Å². The molecule has 0 unspecified atom stereocenters. The summed E-state index contributed by atoms with van der Waals surface area (Å²) in [5.41, 5.74) is 2.08. The molecule has 4 heteroatoms. The third-order valence-corrected chi connectivity index (χ3v) is 4.43. The van der Waals surface area contributed by atoms with Gasteiger partial charge in [-0.2, -0.15) is 0 Å². The van der Waals surface area contributed by atoms with Crippen LogP contribution in [-0.4, -0.2) is 24.1 Å². The Hall–Kier alpha value is -2.33. The Morgan fingerprint density at radius 1 is 0.870 bits per heavy atom. The summed E-state index contributed by atoms with van der Waals surface area (Å²) in [6, 6.07) is 22.6. The standard InChI is InChI=1S/C19H19N3S/c1-22(2)18-13-16(14-23-17-11-7-4-8-12-17)20-19(21-18)15-9-5-3-6-10-15/h3-13H,14H2,1-2H3. The minimum atomic E-state index is 0.778. The van der Waals surface area contributed by atoms with Crippen molar-refractivity contribution in [1.29, 1.82) is 0 Å². The van der Waals surface area contributed by atoms with Crippen molar-refractivity contribution in [2.45, 2.75) is 10.6 Å². The lowest BCUT2D eigenvalue weighted by Gasteiger charge is -2.14. The van der Waals surface area contributed by atoms with E-state index in [0.29, 0.717) is 0 Å². The smallest absolute Gasteiger partial charge is 0.161 e. The number of hydrogen-bond donors (Lipinski definition) is 0. The summed E-state index contributed by atoms with van der Waals surface area (Å²) in [6.07, 6.45) is 0. The molecule has 2 aromatic carbocycles. The Kier molecular flexibility index (Phi) is 4.93. The van der Waals surface area contributed by atoms with Gasteiger partial charge in [0.25, 0.3) is 0 Å². The summed E-state index contributed by atoms with van der Waals surface area (Å²) in [5.74, 6) is 2.54. The van der Waals surface area contributed by atoms with Gasteiger partial charge in [-0.1, -0.05) is 48.5 Å². The van der Waals surface area contributed by atoms with Gasteiger partial charge in [0.05, 0.1) is 5.69 Å². The van der Waals surface area contributed by atoms with Crippen LogP contribution in [0.5, 0.6) is 0 Å². The van der Waals surface area contributed by atoms with Crippen LogP contribution in [0.1, 0.15) is 5.69 Å². The second-order valence-electron chi connectivity index (χ2n) is 5.40. The van der Waals surface area contributed by atoms with Crippen molar-refractivity contribution in [3.8, 4) is 11.4 Å². The zero-order chi connectivity index (χ0) is 16.1. The molecule has 0 amide bonds. The molecule has 0 aliphatic carbocycles. The summed E-state index contributed by atoms with van der Waals surface area (Å²) in [5, 5.41) is 0. The molecule has 0 N–H and O–H groups in total. The van der Waals surface area contributed by atoms with Crippen molar-refractivity contribution >= 4 is 17.6 Å². The number of hydrogen-bond acceptors (Lipinski definition) is 4. The molecule has 0 radical (unpaired) electrons. The fourth-order valence-electron chi connectivity index (χ4n) is 2.18. The molecular formula is C19H19N3S. The lowest BCUT2D eigenvalue weighted by Crippen LogP contribution is -2.12. The van der Waals surface area contributed by atoms with Gasteiger partial charge < -0.3 is 4.90 Å². The van der Waals surface area contributed by atoms with Crippen LogP contribution in [0, 0.1) is 0 Å².